The van der Waals surface area contributed by atoms with Crippen LogP contribution in [-0.2, 0) is 14.3 Å². The average Bonchev–Trinajstić information content (AvgIpc) is 3.38. The van der Waals surface area contributed by atoms with Crippen molar-refractivity contribution in [3.05, 3.63) is 59.7 Å². The maximum Gasteiger partial charge on any atom is 0.407 e. The van der Waals surface area contributed by atoms with Crippen LogP contribution in [0.5, 0.6) is 0 Å². The average molecular weight is 422 g/mol. The SMILES string of the molecule is CC1(NC(=O)C(CCC(=O)O)NC(=O)OCC2c3ccccc3-c3ccccc32)CC1. The zero-order valence-corrected chi connectivity index (χ0v) is 17.4. The fraction of sp³-hybridized carbons (Fsp3) is 0.375. The van der Waals surface area contributed by atoms with Gasteiger partial charge in [0.25, 0.3) is 0 Å². The molecule has 7 heteroatoms. The Morgan fingerprint density at radius 2 is 1.65 bits per heavy atom. The third-order valence-electron chi connectivity index (χ3n) is 6.02. The van der Waals surface area contributed by atoms with Crippen LogP contribution in [0.3, 0.4) is 0 Å². The smallest absolute Gasteiger partial charge is 0.407 e. The molecule has 4 rings (SSSR count). The van der Waals surface area contributed by atoms with Crippen molar-refractivity contribution in [3.8, 4) is 11.1 Å². The Labute approximate surface area is 180 Å². The van der Waals surface area contributed by atoms with E-state index in [1.54, 1.807) is 0 Å². The highest BCUT2D eigenvalue weighted by molar-refractivity contribution is 5.87. The first-order valence-electron chi connectivity index (χ1n) is 10.5. The lowest BCUT2D eigenvalue weighted by Gasteiger charge is -2.21. The number of hydrogen-bond donors (Lipinski definition) is 3. The number of alkyl carbamates (subject to hydrolysis) is 1. The van der Waals surface area contributed by atoms with Gasteiger partial charge >= 0.3 is 12.1 Å². The lowest BCUT2D eigenvalue weighted by atomic mass is 9.98. The van der Waals surface area contributed by atoms with Crippen molar-refractivity contribution in [2.75, 3.05) is 6.61 Å². The van der Waals surface area contributed by atoms with E-state index in [4.69, 9.17) is 9.84 Å². The largest absolute Gasteiger partial charge is 0.481 e. The second-order valence-corrected chi connectivity index (χ2v) is 8.50. The van der Waals surface area contributed by atoms with Gasteiger partial charge in [0.05, 0.1) is 0 Å². The molecular weight excluding hydrogens is 396 g/mol. The summed E-state index contributed by atoms with van der Waals surface area (Å²) in [6.07, 6.45) is 0.790. The molecule has 1 atom stereocenters. The minimum atomic E-state index is -1.02. The van der Waals surface area contributed by atoms with Crippen molar-refractivity contribution in [1.82, 2.24) is 10.6 Å². The normalized spacial score (nSPS) is 16.5. The Hall–Kier alpha value is -3.35. The Morgan fingerprint density at radius 3 is 2.19 bits per heavy atom. The molecule has 0 spiro atoms. The fourth-order valence-electron chi connectivity index (χ4n) is 4.02. The third-order valence-corrected chi connectivity index (χ3v) is 6.02. The summed E-state index contributed by atoms with van der Waals surface area (Å²) in [5, 5.41) is 14.4. The van der Waals surface area contributed by atoms with Crippen LogP contribution < -0.4 is 10.6 Å². The first kappa shape index (κ1) is 20.9. The standard InChI is InChI=1S/C24H26N2O5/c1-24(12-13-24)26-22(29)20(10-11-21(27)28)25-23(30)31-14-19-17-8-4-2-6-15(17)16-7-3-5-9-18(16)19/h2-9,19-20H,10-14H2,1H3,(H,25,30)(H,26,29)(H,27,28). The van der Waals surface area contributed by atoms with E-state index in [0.29, 0.717) is 0 Å². The van der Waals surface area contributed by atoms with Crippen LogP contribution in [0.2, 0.25) is 0 Å². The minimum Gasteiger partial charge on any atom is -0.481 e. The molecule has 7 nitrogen and oxygen atoms in total. The molecule has 2 aromatic carbocycles. The number of carboxylic acids is 1. The molecule has 2 aliphatic rings. The molecule has 31 heavy (non-hydrogen) atoms. The molecule has 0 aromatic heterocycles. The molecule has 2 amide bonds. The van der Waals surface area contributed by atoms with Gasteiger partial charge in [-0.2, -0.15) is 0 Å². The molecule has 1 unspecified atom stereocenters. The van der Waals surface area contributed by atoms with E-state index in [9.17, 15) is 14.4 Å². The molecule has 0 radical (unpaired) electrons. The first-order valence-corrected chi connectivity index (χ1v) is 10.5. The van der Waals surface area contributed by atoms with Crippen LogP contribution in [0, 0.1) is 0 Å². The van der Waals surface area contributed by atoms with E-state index in [1.807, 2.05) is 43.3 Å². The summed E-state index contributed by atoms with van der Waals surface area (Å²) in [5.41, 5.74) is 4.19. The molecule has 0 aliphatic heterocycles. The lowest BCUT2D eigenvalue weighted by molar-refractivity contribution is -0.137. The minimum absolute atomic E-state index is 0.00143. The van der Waals surface area contributed by atoms with E-state index in [1.165, 1.54) is 0 Å². The zero-order chi connectivity index (χ0) is 22.0. The number of aliphatic carboxylic acids is 1. The number of nitrogens with one attached hydrogen (secondary N) is 2. The van der Waals surface area contributed by atoms with Gasteiger partial charge in [0.15, 0.2) is 0 Å². The molecule has 1 saturated carbocycles. The zero-order valence-electron chi connectivity index (χ0n) is 17.4. The number of hydrogen-bond acceptors (Lipinski definition) is 4. The van der Waals surface area contributed by atoms with E-state index >= 15 is 0 Å². The van der Waals surface area contributed by atoms with Crippen molar-refractivity contribution >= 4 is 18.0 Å². The van der Waals surface area contributed by atoms with Gasteiger partial charge in [-0.05, 0) is 48.4 Å². The highest BCUT2D eigenvalue weighted by Gasteiger charge is 2.40. The van der Waals surface area contributed by atoms with Crippen LogP contribution >= 0.6 is 0 Å². The fourth-order valence-corrected chi connectivity index (χ4v) is 4.02. The second-order valence-electron chi connectivity index (χ2n) is 8.50. The van der Waals surface area contributed by atoms with Crippen molar-refractivity contribution in [1.29, 1.82) is 0 Å². The highest BCUT2D eigenvalue weighted by atomic mass is 16.5. The van der Waals surface area contributed by atoms with Gasteiger partial charge in [-0.1, -0.05) is 48.5 Å². The molecular formula is C24H26N2O5. The highest BCUT2D eigenvalue weighted by Crippen LogP contribution is 2.44. The third kappa shape index (κ3) is 4.71. The summed E-state index contributed by atoms with van der Waals surface area (Å²) in [4.78, 5) is 36.0. The molecule has 162 valence electrons. The van der Waals surface area contributed by atoms with Crippen molar-refractivity contribution in [2.24, 2.45) is 0 Å². The molecule has 0 bridgehead atoms. The number of amides is 2. The summed E-state index contributed by atoms with van der Waals surface area (Å²) < 4.78 is 5.50. The predicted molar refractivity (Wildman–Crippen MR) is 115 cm³/mol. The van der Waals surface area contributed by atoms with Crippen LogP contribution in [-0.4, -0.2) is 41.3 Å². The van der Waals surface area contributed by atoms with Crippen LogP contribution in [0.15, 0.2) is 48.5 Å². The first-order chi connectivity index (χ1) is 14.9. The number of carbonyl (C=O) groups excluding carboxylic acids is 2. The lowest BCUT2D eigenvalue weighted by Crippen LogP contribution is -2.50. The van der Waals surface area contributed by atoms with Gasteiger partial charge in [0, 0.05) is 17.9 Å². The Kier molecular flexibility index (Phi) is 5.67. The number of ether oxygens (including phenoxy) is 1. The van der Waals surface area contributed by atoms with Crippen molar-refractivity contribution < 1.29 is 24.2 Å². The van der Waals surface area contributed by atoms with Crippen molar-refractivity contribution in [3.63, 3.8) is 0 Å². The molecule has 3 N–H and O–H groups in total. The maximum atomic E-state index is 12.6. The Balaban J connectivity index is 1.41. The number of fused-ring (bicyclic) bond motifs is 3. The summed E-state index contributed by atoms with van der Waals surface area (Å²) in [7, 11) is 0. The van der Waals surface area contributed by atoms with Gasteiger partial charge in [-0.3, -0.25) is 9.59 Å². The van der Waals surface area contributed by atoms with Crippen LogP contribution in [0.25, 0.3) is 11.1 Å². The monoisotopic (exact) mass is 422 g/mol. The van der Waals surface area contributed by atoms with Gasteiger partial charge < -0.3 is 20.5 Å². The van der Waals surface area contributed by atoms with Gasteiger partial charge in [-0.15, -0.1) is 0 Å². The summed E-state index contributed by atoms with van der Waals surface area (Å²) >= 11 is 0. The molecule has 0 saturated heterocycles. The van der Waals surface area contributed by atoms with E-state index < -0.39 is 18.1 Å². The predicted octanol–water partition coefficient (Wildman–Crippen LogP) is 3.43. The molecule has 2 aliphatic carbocycles. The van der Waals surface area contributed by atoms with Crippen LogP contribution in [0.1, 0.15) is 49.7 Å². The number of rotatable bonds is 8. The molecule has 2 aromatic rings. The number of carbonyl (C=O) groups is 3. The van der Waals surface area contributed by atoms with E-state index in [-0.39, 0.29) is 36.8 Å². The summed E-state index contributed by atoms with van der Waals surface area (Å²) in [5.74, 6) is -1.49. The number of benzene rings is 2. The van der Waals surface area contributed by atoms with Crippen molar-refractivity contribution in [2.45, 2.75) is 50.1 Å². The topological polar surface area (TPSA) is 105 Å². The van der Waals surface area contributed by atoms with E-state index in [2.05, 4.69) is 22.8 Å². The van der Waals surface area contributed by atoms with Gasteiger partial charge in [0.2, 0.25) is 5.91 Å². The maximum absolute atomic E-state index is 12.6. The molecule has 1 fully saturated rings. The van der Waals surface area contributed by atoms with Crippen LogP contribution in [0.4, 0.5) is 4.79 Å². The van der Waals surface area contributed by atoms with E-state index in [0.717, 1.165) is 35.1 Å². The molecule has 0 heterocycles. The number of carboxylic acid groups (broad SMARTS) is 1. The summed E-state index contributed by atoms with van der Waals surface area (Å²) in [6, 6.07) is 15.1. The Bertz CT molecular complexity index is 969. The Morgan fingerprint density at radius 1 is 1.06 bits per heavy atom. The van der Waals surface area contributed by atoms with Gasteiger partial charge in [-0.25, -0.2) is 4.79 Å². The quantitative estimate of drug-likeness (QED) is 0.605. The summed E-state index contributed by atoms with van der Waals surface area (Å²) in [6.45, 7) is 2.05. The van der Waals surface area contributed by atoms with Gasteiger partial charge in [0.1, 0.15) is 12.6 Å². The second kappa shape index (κ2) is 8.41.